The van der Waals surface area contributed by atoms with Gasteiger partial charge in [-0.05, 0) is 69.0 Å². The van der Waals surface area contributed by atoms with Crippen LogP contribution in [0.4, 0.5) is 5.69 Å². The smallest absolute Gasteiger partial charge is 0.251 e. The van der Waals surface area contributed by atoms with Crippen LogP contribution < -0.4 is 10.6 Å². The van der Waals surface area contributed by atoms with Crippen molar-refractivity contribution in [3.05, 3.63) is 29.8 Å². The minimum Gasteiger partial charge on any atom is -0.381 e. The number of hydrogen-bond donors (Lipinski definition) is 2. The van der Waals surface area contributed by atoms with Crippen LogP contribution in [0.3, 0.4) is 0 Å². The first-order chi connectivity index (χ1) is 10.3. The van der Waals surface area contributed by atoms with Crippen molar-refractivity contribution in [2.75, 3.05) is 25.0 Å². The van der Waals surface area contributed by atoms with E-state index in [9.17, 15) is 4.79 Å². The van der Waals surface area contributed by atoms with Crippen molar-refractivity contribution < 1.29 is 4.79 Å². The minimum absolute atomic E-state index is 0.0619. The molecular formula is C17H23N3O. The van der Waals surface area contributed by atoms with Crippen LogP contribution >= 0.6 is 0 Å². The van der Waals surface area contributed by atoms with Crippen LogP contribution in [0, 0.1) is 5.92 Å². The number of amides is 1. The van der Waals surface area contributed by atoms with Gasteiger partial charge in [0.1, 0.15) is 0 Å². The van der Waals surface area contributed by atoms with Gasteiger partial charge in [0.25, 0.3) is 5.91 Å². The first-order valence-electron chi connectivity index (χ1n) is 8.18. The fourth-order valence-corrected chi connectivity index (χ4v) is 3.56. The molecule has 3 saturated heterocycles. The van der Waals surface area contributed by atoms with Crippen molar-refractivity contribution in [1.82, 2.24) is 10.2 Å². The van der Waals surface area contributed by atoms with Crippen molar-refractivity contribution in [3.63, 3.8) is 0 Å². The fourth-order valence-electron chi connectivity index (χ4n) is 3.56. The molecule has 2 bridgehead atoms. The number of carbonyl (C=O) groups is 1. The highest BCUT2D eigenvalue weighted by molar-refractivity contribution is 5.94. The van der Waals surface area contributed by atoms with Crippen molar-refractivity contribution >= 4 is 11.6 Å². The molecule has 3 aliphatic heterocycles. The summed E-state index contributed by atoms with van der Waals surface area (Å²) >= 11 is 0. The Kier molecular flexibility index (Phi) is 3.34. The molecule has 0 aromatic heterocycles. The molecule has 112 valence electrons. The number of anilines is 1. The zero-order valence-corrected chi connectivity index (χ0v) is 12.3. The van der Waals surface area contributed by atoms with Gasteiger partial charge in [-0.15, -0.1) is 0 Å². The summed E-state index contributed by atoms with van der Waals surface area (Å²) in [4.78, 5) is 14.5. The number of nitrogens with one attached hydrogen (secondary N) is 2. The van der Waals surface area contributed by atoms with Crippen LogP contribution in [0.15, 0.2) is 24.3 Å². The lowest BCUT2D eigenvalue weighted by molar-refractivity contribution is 0.0951. The number of nitrogens with zero attached hydrogens (tertiary/aromatic N) is 1. The third kappa shape index (κ3) is 2.91. The third-order valence-electron chi connectivity index (χ3n) is 5.07. The molecule has 4 nitrogen and oxygen atoms in total. The van der Waals surface area contributed by atoms with Gasteiger partial charge >= 0.3 is 0 Å². The van der Waals surface area contributed by atoms with Gasteiger partial charge in [0.15, 0.2) is 0 Å². The molecule has 5 rings (SSSR count). The minimum atomic E-state index is 0.0619. The summed E-state index contributed by atoms with van der Waals surface area (Å²) in [6, 6.07) is 8.93. The molecule has 1 saturated carbocycles. The van der Waals surface area contributed by atoms with Crippen molar-refractivity contribution in [2.45, 2.75) is 37.8 Å². The summed E-state index contributed by atoms with van der Waals surface area (Å²) in [5, 5.41) is 6.69. The van der Waals surface area contributed by atoms with Crippen LogP contribution in [0.1, 0.15) is 36.0 Å². The highest BCUT2D eigenvalue weighted by Gasteiger charge is 2.33. The van der Waals surface area contributed by atoms with Crippen molar-refractivity contribution in [1.29, 1.82) is 0 Å². The molecule has 0 radical (unpaired) electrons. The van der Waals surface area contributed by atoms with Gasteiger partial charge in [-0.1, -0.05) is 0 Å². The molecule has 1 aromatic carbocycles. The Bertz CT molecular complexity index is 515. The number of carbonyl (C=O) groups excluding carboxylic acids is 1. The summed E-state index contributed by atoms with van der Waals surface area (Å²) in [5.41, 5.74) is 1.90. The Morgan fingerprint density at radius 1 is 1.05 bits per heavy atom. The molecule has 4 aliphatic rings. The summed E-state index contributed by atoms with van der Waals surface area (Å²) in [5.74, 6) is 0.875. The van der Waals surface area contributed by atoms with E-state index < -0.39 is 0 Å². The van der Waals surface area contributed by atoms with Gasteiger partial charge in [0.2, 0.25) is 0 Å². The third-order valence-corrected chi connectivity index (χ3v) is 5.07. The monoisotopic (exact) mass is 285 g/mol. The molecule has 4 heteroatoms. The summed E-state index contributed by atoms with van der Waals surface area (Å²) in [6.45, 7) is 3.70. The van der Waals surface area contributed by atoms with Crippen LogP contribution in [0.5, 0.6) is 0 Å². The van der Waals surface area contributed by atoms with Crippen LogP contribution in [-0.4, -0.2) is 42.5 Å². The lowest BCUT2D eigenvalue weighted by atomic mass is 9.84. The van der Waals surface area contributed by atoms with Gasteiger partial charge in [0.05, 0.1) is 0 Å². The fraction of sp³-hybridized carbons (Fsp3) is 0.588. The summed E-state index contributed by atoms with van der Waals surface area (Å²) in [6.07, 6.45) is 4.90. The van der Waals surface area contributed by atoms with Crippen molar-refractivity contribution in [2.24, 2.45) is 5.92 Å². The second kappa shape index (κ2) is 5.34. The van der Waals surface area contributed by atoms with E-state index in [1.807, 2.05) is 24.3 Å². The molecular weight excluding hydrogens is 262 g/mol. The van der Waals surface area contributed by atoms with Gasteiger partial charge in [-0.3, -0.25) is 4.79 Å². The second-order valence-corrected chi connectivity index (χ2v) is 6.71. The highest BCUT2D eigenvalue weighted by atomic mass is 16.1. The normalized spacial score (nSPS) is 31.0. The second-order valence-electron chi connectivity index (χ2n) is 6.71. The van der Waals surface area contributed by atoms with E-state index in [4.69, 9.17) is 0 Å². The van der Waals surface area contributed by atoms with Gasteiger partial charge in [0, 0.05) is 29.9 Å². The quantitative estimate of drug-likeness (QED) is 0.890. The lowest BCUT2D eigenvalue weighted by Gasteiger charge is -2.45. The Balaban J connectivity index is 1.38. The summed E-state index contributed by atoms with van der Waals surface area (Å²) < 4.78 is 0. The summed E-state index contributed by atoms with van der Waals surface area (Å²) in [7, 11) is 0. The maximum absolute atomic E-state index is 12.0. The van der Waals surface area contributed by atoms with Crippen LogP contribution in [0.25, 0.3) is 0 Å². The van der Waals surface area contributed by atoms with Gasteiger partial charge in [-0.25, -0.2) is 0 Å². The average molecular weight is 285 g/mol. The molecule has 1 amide bonds. The number of rotatable bonds is 4. The first kappa shape index (κ1) is 13.1. The molecule has 1 aromatic rings. The SMILES string of the molecule is O=C(NC1CC1)c1ccc(NC2CN3CCC2CC3)cc1. The van der Waals surface area contributed by atoms with E-state index >= 15 is 0 Å². The van der Waals surface area contributed by atoms with Crippen molar-refractivity contribution in [3.8, 4) is 0 Å². The van der Waals surface area contributed by atoms with Crippen LogP contribution in [0.2, 0.25) is 0 Å². The number of piperidine rings is 3. The van der Waals surface area contributed by atoms with E-state index in [-0.39, 0.29) is 5.91 Å². The highest BCUT2D eigenvalue weighted by Crippen LogP contribution is 2.29. The number of benzene rings is 1. The molecule has 1 aliphatic carbocycles. The Morgan fingerprint density at radius 2 is 1.76 bits per heavy atom. The average Bonchev–Trinajstić information content (AvgIpc) is 3.33. The standard InChI is InChI=1S/C17H23N3O/c21-17(19-15-5-6-15)13-1-3-14(4-2-13)18-16-11-20-9-7-12(16)8-10-20/h1-4,12,15-16,18H,5-11H2,(H,19,21). The molecule has 1 atom stereocenters. The molecule has 3 heterocycles. The lowest BCUT2D eigenvalue weighted by Crippen LogP contribution is -2.53. The molecule has 21 heavy (non-hydrogen) atoms. The largest absolute Gasteiger partial charge is 0.381 e. The number of fused-ring (bicyclic) bond motifs is 3. The first-order valence-corrected chi connectivity index (χ1v) is 8.18. The Labute approximate surface area is 125 Å². The molecule has 4 fully saturated rings. The zero-order chi connectivity index (χ0) is 14.2. The van der Waals surface area contributed by atoms with Gasteiger partial charge in [-0.2, -0.15) is 0 Å². The Morgan fingerprint density at radius 3 is 2.33 bits per heavy atom. The predicted molar refractivity (Wildman–Crippen MR) is 83.5 cm³/mol. The topological polar surface area (TPSA) is 44.4 Å². The molecule has 2 N–H and O–H groups in total. The van der Waals surface area contributed by atoms with E-state index in [0.717, 1.165) is 36.6 Å². The van der Waals surface area contributed by atoms with Crippen LogP contribution in [-0.2, 0) is 0 Å². The maximum atomic E-state index is 12.0. The molecule has 1 unspecified atom stereocenters. The molecule has 0 spiro atoms. The van der Waals surface area contributed by atoms with Gasteiger partial charge < -0.3 is 15.5 Å². The Hall–Kier alpha value is -1.55. The zero-order valence-electron chi connectivity index (χ0n) is 12.3. The number of hydrogen-bond acceptors (Lipinski definition) is 3. The van der Waals surface area contributed by atoms with E-state index in [1.165, 1.54) is 25.9 Å². The van der Waals surface area contributed by atoms with E-state index in [0.29, 0.717) is 12.1 Å². The predicted octanol–water partition coefficient (Wildman–Crippen LogP) is 2.08. The maximum Gasteiger partial charge on any atom is 0.251 e. The van der Waals surface area contributed by atoms with E-state index in [2.05, 4.69) is 15.5 Å². The van der Waals surface area contributed by atoms with E-state index in [1.54, 1.807) is 0 Å².